The van der Waals surface area contributed by atoms with Crippen molar-refractivity contribution in [2.45, 2.75) is 13.8 Å². The van der Waals surface area contributed by atoms with Crippen molar-refractivity contribution in [3.63, 3.8) is 0 Å². The first-order valence-electron chi connectivity index (χ1n) is 8.52. The zero-order valence-corrected chi connectivity index (χ0v) is 17.1. The first-order valence-corrected chi connectivity index (χ1v) is 9.71. The summed E-state index contributed by atoms with van der Waals surface area (Å²) in [5, 5.41) is -0.159. The van der Waals surface area contributed by atoms with Gasteiger partial charge in [0.1, 0.15) is 0 Å². The lowest BCUT2D eigenvalue weighted by Gasteiger charge is -2.14. The number of halogens is 1. The molecule has 0 bridgehead atoms. The average molecular weight is 426 g/mol. The summed E-state index contributed by atoms with van der Waals surface area (Å²) in [7, 11) is 0. The minimum Gasteiger partial charge on any atom is -0.490 e. The fraction of sp³-hybridized carbons (Fsp3) is 0.316. The molecule has 0 aromatic heterocycles. The van der Waals surface area contributed by atoms with Crippen molar-refractivity contribution >= 4 is 46.6 Å². The molecule has 150 valence electrons. The van der Waals surface area contributed by atoms with Crippen molar-refractivity contribution in [2.24, 2.45) is 0 Å². The number of carbonyl (C=O) groups excluding carboxylic acids is 3. The maximum atomic E-state index is 12.3. The lowest BCUT2D eigenvalue weighted by Crippen LogP contribution is -2.27. The zero-order chi connectivity index (χ0) is 20.7. The molecule has 0 aliphatic carbocycles. The van der Waals surface area contributed by atoms with Gasteiger partial charge in [0.05, 0.1) is 23.1 Å². The highest BCUT2D eigenvalue weighted by Crippen LogP contribution is 2.39. The molecule has 1 fully saturated rings. The van der Waals surface area contributed by atoms with Gasteiger partial charge in [-0.1, -0.05) is 17.7 Å². The Balaban J connectivity index is 2.29. The van der Waals surface area contributed by atoms with E-state index in [4.69, 9.17) is 25.8 Å². The summed E-state index contributed by atoms with van der Waals surface area (Å²) in [5.41, 5.74) is 0.557. The van der Waals surface area contributed by atoms with E-state index in [1.165, 1.54) is 6.08 Å². The number of nitrogens with zero attached hydrogens (tertiary/aromatic N) is 1. The second kappa shape index (κ2) is 10.2. The van der Waals surface area contributed by atoms with Crippen LogP contribution in [0.15, 0.2) is 29.7 Å². The minimum absolute atomic E-state index is 0.146. The molecule has 9 heteroatoms. The number of hydrogen-bond acceptors (Lipinski definition) is 7. The molecule has 0 atom stereocenters. The molecule has 1 aliphatic heterocycles. The van der Waals surface area contributed by atoms with Crippen LogP contribution < -0.4 is 9.47 Å². The summed E-state index contributed by atoms with van der Waals surface area (Å²) in [6, 6.07) is 3.18. The Morgan fingerprint density at radius 1 is 1.25 bits per heavy atom. The molecule has 0 unspecified atom stereocenters. The molecule has 0 radical (unpaired) electrons. The maximum Gasteiger partial charge on any atom is 0.344 e. The number of esters is 1. The van der Waals surface area contributed by atoms with E-state index >= 15 is 0 Å². The molecule has 1 aliphatic rings. The number of benzene rings is 1. The standard InChI is InChI=1S/C19H20ClNO6S/c1-4-7-21-18(23)15(28-19(21)24)10-12-8-13(20)17(14(9-12)25-5-2)27-11-16(22)26-6-3/h4,8-10H,1,5-7,11H2,2-3H3/b15-10+. The molecule has 1 aromatic carbocycles. The van der Waals surface area contributed by atoms with Gasteiger partial charge in [0.15, 0.2) is 18.1 Å². The van der Waals surface area contributed by atoms with E-state index in [0.29, 0.717) is 17.9 Å². The van der Waals surface area contributed by atoms with Crippen molar-refractivity contribution in [1.29, 1.82) is 0 Å². The minimum atomic E-state index is -0.527. The second-order valence-corrected chi connectivity index (χ2v) is 6.84. The van der Waals surface area contributed by atoms with Crippen LogP contribution >= 0.6 is 23.4 Å². The Hall–Kier alpha value is -2.45. The quantitative estimate of drug-likeness (QED) is 0.337. The Labute approximate surface area is 172 Å². The smallest absolute Gasteiger partial charge is 0.344 e. The van der Waals surface area contributed by atoms with Gasteiger partial charge in [-0.15, -0.1) is 6.58 Å². The second-order valence-electron chi connectivity index (χ2n) is 5.44. The van der Waals surface area contributed by atoms with Gasteiger partial charge in [-0.3, -0.25) is 14.5 Å². The SMILES string of the molecule is C=CCN1C(=O)S/C(=C/c2cc(Cl)c(OCC(=O)OCC)c(OCC)c2)C1=O. The van der Waals surface area contributed by atoms with Crippen LogP contribution in [-0.2, 0) is 14.3 Å². The Bertz CT molecular complexity index is 823. The van der Waals surface area contributed by atoms with Crippen LogP contribution in [0.4, 0.5) is 4.79 Å². The van der Waals surface area contributed by atoms with Crippen LogP contribution in [0.25, 0.3) is 6.08 Å². The number of carbonyl (C=O) groups is 3. The molecule has 0 saturated carbocycles. The molecule has 1 heterocycles. The van der Waals surface area contributed by atoms with E-state index in [1.54, 1.807) is 32.1 Å². The summed E-state index contributed by atoms with van der Waals surface area (Å²) >= 11 is 7.13. The first-order chi connectivity index (χ1) is 13.4. The van der Waals surface area contributed by atoms with E-state index in [0.717, 1.165) is 16.7 Å². The molecular formula is C19H20ClNO6S. The summed E-state index contributed by atoms with van der Waals surface area (Å²) in [4.78, 5) is 37.2. The van der Waals surface area contributed by atoms with Gasteiger partial charge in [0.2, 0.25) is 0 Å². The normalized spacial score (nSPS) is 15.1. The van der Waals surface area contributed by atoms with E-state index in [-0.39, 0.29) is 40.7 Å². The van der Waals surface area contributed by atoms with Gasteiger partial charge < -0.3 is 14.2 Å². The van der Waals surface area contributed by atoms with E-state index in [2.05, 4.69) is 6.58 Å². The highest BCUT2D eigenvalue weighted by molar-refractivity contribution is 8.18. The number of ether oxygens (including phenoxy) is 3. The highest BCUT2D eigenvalue weighted by Gasteiger charge is 2.34. The molecule has 7 nitrogen and oxygen atoms in total. The lowest BCUT2D eigenvalue weighted by molar-refractivity contribution is -0.145. The lowest BCUT2D eigenvalue weighted by atomic mass is 10.1. The Morgan fingerprint density at radius 2 is 2.00 bits per heavy atom. The van der Waals surface area contributed by atoms with Gasteiger partial charge >= 0.3 is 5.97 Å². The summed E-state index contributed by atoms with van der Waals surface area (Å²) in [6.07, 6.45) is 3.04. The van der Waals surface area contributed by atoms with E-state index in [1.807, 2.05) is 0 Å². The predicted molar refractivity (Wildman–Crippen MR) is 108 cm³/mol. The van der Waals surface area contributed by atoms with E-state index in [9.17, 15) is 14.4 Å². The molecular weight excluding hydrogens is 406 g/mol. The van der Waals surface area contributed by atoms with Gasteiger partial charge in [-0.05, 0) is 49.4 Å². The van der Waals surface area contributed by atoms with Crippen molar-refractivity contribution < 1.29 is 28.6 Å². The zero-order valence-electron chi connectivity index (χ0n) is 15.5. The topological polar surface area (TPSA) is 82.1 Å². The van der Waals surface area contributed by atoms with Crippen LogP contribution in [0.5, 0.6) is 11.5 Å². The van der Waals surface area contributed by atoms with Crippen molar-refractivity contribution in [3.05, 3.63) is 40.3 Å². The van der Waals surface area contributed by atoms with Crippen LogP contribution in [-0.4, -0.2) is 48.4 Å². The highest BCUT2D eigenvalue weighted by atomic mass is 35.5. The molecule has 28 heavy (non-hydrogen) atoms. The molecule has 0 spiro atoms. The van der Waals surface area contributed by atoms with Gasteiger partial charge in [0.25, 0.3) is 11.1 Å². The summed E-state index contributed by atoms with van der Waals surface area (Å²) in [6.45, 7) is 7.44. The third kappa shape index (κ3) is 5.30. The van der Waals surface area contributed by atoms with Crippen molar-refractivity contribution in [2.75, 3.05) is 26.4 Å². The third-order valence-electron chi connectivity index (χ3n) is 3.45. The molecule has 1 saturated heterocycles. The molecule has 0 N–H and O–H groups in total. The number of amides is 2. The largest absolute Gasteiger partial charge is 0.490 e. The van der Waals surface area contributed by atoms with Crippen LogP contribution in [0.3, 0.4) is 0 Å². The molecule has 2 rings (SSSR count). The molecule has 1 aromatic rings. The molecule has 2 amide bonds. The van der Waals surface area contributed by atoms with Crippen molar-refractivity contribution in [3.8, 4) is 11.5 Å². The third-order valence-corrected chi connectivity index (χ3v) is 4.64. The number of hydrogen-bond donors (Lipinski definition) is 0. The summed E-state index contributed by atoms with van der Waals surface area (Å²) in [5.74, 6) is -0.406. The monoisotopic (exact) mass is 425 g/mol. The van der Waals surface area contributed by atoms with Gasteiger partial charge in [0, 0.05) is 6.54 Å². The first kappa shape index (κ1) is 21.8. The van der Waals surface area contributed by atoms with Crippen molar-refractivity contribution in [1.82, 2.24) is 4.90 Å². The number of imide groups is 1. The number of rotatable bonds is 9. The Morgan fingerprint density at radius 3 is 2.64 bits per heavy atom. The van der Waals surface area contributed by atoms with E-state index < -0.39 is 11.9 Å². The number of thioether (sulfide) groups is 1. The van der Waals surface area contributed by atoms with Crippen LogP contribution in [0, 0.1) is 0 Å². The Kier molecular flexibility index (Phi) is 7.95. The average Bonchev–Trinajstić information content (AvgIpc) is 2.89. The summed E-state index contributed by atoms with van der Waals surface area (Å²) < 4.78 is 15.8. The van der Waals surface area contributed by atoms with Crippen LogP contribution in [0.2, 0.25) is 5.02 Å². The van der Waals surface area contributed by atoms with Crippen LogP contribution in [0.1, 0.15) is 19.4 Å². The fourth-order valence-corrected chi connectivity index (χ4v) is 3.47. The predicted octanol–water partition coefficient (Wildman–Crippen LogP) is 3.90. The van der Waals surface area contributed by atoms with Gasteiger partial charge in [-0.2, -0.15) is 0 Å². The van der Waals surface area contributed by atoms with Gasteiger partial charge in [-0.25, -0.2) is 4.79 Å². The fourth-order valence-electron chi connectivity index (χ4n) is 2.35. The maximum absolute atomic E-state index is 12.3.